The highest BCUT2D eigenvalue weighted by atomic mass is 79.9. The van der Waals surface area contributed by atoms with Gasteiger partial charge in [0.15, 0.2) is 18.1 Å². The number of amides is 2. The second-order valence-corrected chi connectivity index (χ2v) is 8.46. The van der Waals surface area contributed by atoms with Crippen LogP contribution in [0.1, 0.15) is 22.8 Å². The smallest absolute Gasteiger partial charge is 0.271 e. The third-order valence-electron chi connectivity index (χ3n) is 4.30. The minimum absolute atomic E-state index is 0.264. The number of benzene rings is 3. The molecule has 0 fully saturated rings. The van der Waals surface area contributed by atoms with Crippen LogP contribution in [0.3, 0.4) is 0 Å². The highest BCUT2D eigenvalue weighted by Crippen LogP contribution is 2.36. The predicted molar refractivity (Wildman–Crippen MR) is 137 cm³/mol. The third kappa shape index (κ3) is 7.21. The zero-order valence-electron chi connectivity index (χ0n) is 18.0. The van der Waals surface area contributed by atoms with Crippen molar-refractivity contribution in [2.45, 2.75) is 6.92 Å². The Hall–Kier alpha value is -3.07. The van der Waals surface area contributed by atoms with E-state index in [2.05, 4.69) is 31.8 Å². The van der Waals surface area contributed by atoms with Crippen molar-refractivity contribution in [3.05, 3.63) is 86.3 Å². The molecule has 0 saturated carbocycles. The molecule has 0 heterocycles. The fourth-order valence-corrected chi connectivity index (χ4v) is 3.67. The number of hydrazone groups is 1. The first-order chi connectivity index (χ1) is 16.4. The summed E-state index contributed by atoms with van der Waals surface area (Å²) >= 11 is 15.3. The maximum atomic E-state index is 12.3. The molecule has 0 aliphatic heterocycles. The van der Waals surface area contributed by atoms with E-state index in [0.29, 0.717) is 49.4 Å². The Morgan fingerprint density at radius 2 is 1.79 bits per heavy atom. The molecule has 34 heavy (non-hydrogen) atoms. The first-order valence-corrected chi connectivity index (χ1v) is 11.6. The van der Waals surface area contributed by atoms with Crippen molar-refractivity contribution in [2.75, 3.05) is 18.5 Å². The molecule has 176 valence electrons. The van der Waals surface area contributed by atoms with E-state index in [1.165, 1.54) is 6.21 Å². The molecule has 0 aliphatic rings. The highest BCUT2D eigenvalue weighted by molar-refractivity contribution is 9.10. The fourth-order valence-electron chi connectivity index (χ4n) is 2.79. The van der Waals surface area contributed by atoms with Gasteiger partial charge in [0.05, 0.1) is 27.3 Å². The minimum atomic E-state index is -0.387. The third-order valence-corrected chi connectivity index (χ3v) is 5.63. The molecule has 10 heteroatoms. The van der Waals surface area contributed by atoms with Crippen LogP contribution in [0.5, 0.6) is 11.5 Å². The topological polar surface area (TPSA) is 89.0 Å². The van der Waals surface area contributed by atoms with Crippen molar-refractivity contribution in [1.29, 1.82) is 0 Å². The zero-order chi connectivity index (χ0) is 24.5. The van der Waals surface area contributed by atoms with Crippen LogP contribution in [0.15, 0.2) is 70.2 Å². The molecule has 0 aromatic heterocycles. The summed E-state index contributed by atoms with van der Waals surface area (Å²) in [5.74, 6) is 0.0579. The standard InChI is InChI=1S/C24H20BrCl2N3O4/c1-2-33-21-11-15(13-28-30-24(32)16-6-4-3-5-7-16)10-18(25)23(21)34-14-22(31)29-17-8-9-19(26)20(27)12-17/h3-13H,2,14H2,1H3,(H,29,31)(H,30,32)/b28-13+. The number of carbonyl (C=O) groups is 2. The summed E-state index contributed by atoms with van der Waals surface area (Å²) in [6.07, 6.45) is 1.48. The average Bonchev–Trinajstić information content (AvgIpc) is 2.81. The lowest BCUT2D eigenvalue weighted by molar-refractivity contribution is -0.118. The minimum Gasteiger partial charge on any atom is -0.490 e. The normalized spacial score (nSPS) is 10.7. The van der Waals surface area contributed by atoms with E-state index in [0.717, 1.165) is 0 Å². The van der Waals surface area contributed by atoms with Crippen LogP contribution < -0.4 is 20.2 Å². The Balaban J connectivity index is 1.66. The van der Waals surface area contributed by atoms with Gasteiger partial charge in [-0.1, -0.05) is 41.4 Å². The summed E-state index contributed by atoms with van der Waals surface area (Å²) in [6.45, 7) is 1.94. The second kappa shape index (κ2) is 12.4. The van der Waals surface area contributed by atoms with Crippen molar-refractivity contribution < 1.29 is 19.1 Å². The maximum absolute atomic E-state index is 12.3. The molecule has 2 amide bonds. The Labute approximate surface area is 215 Å². The number of nitrogens with zero attached hydrogens (tertiary/aromatic N) is 1. The van der Waals surface area contributed by atoms with Crippen LogP contribution in [0.2, 0.25) is 10.0 Å². The second-order valence-electron chi connectivity index (χ2n) is 6.79. The van der Waals surface area contributed by atoms with Gasteiger partial charge in [0.2, 0.25) is 0 Å². The molecule has 0 saturated heterocycles. The Kier molecular flexibility index (Phi) is 9.33. The molecular weight excluding hydrogens is 545 g/mol. The molecule has 3 aromatic carbocycles. The fraction of sp³-hybridized carbons (Fsp3) is 0.125. The van der Waals surface area contributed by atoms with Crippen molar-refractivity contribution in [1.82, 2.24) is 5.43 Å². The number of hydrogen-bond donors (Lipinski definition) is 2. The SMILES string of the molecule is CCOc1cc(/C=N/NC(=O)c2ccccc2)cc(Br)c1OCC(=O)Nc1ccc(Cl)c(Cl)c1. The lowest BCUT2D eigenvalue weighted by atomic mass is 10.2. The molecule has 0 aliphatic carbocycles. The Morgan fingerprint density at radius 3 is 2.50 bits per heavy atom. The number of hydrogen-bond acceptors (Lipinski definition) is 5. The summed E-state index contributed by atoms with van der Waals surface area (Å²) in [4.78, 5) is 24.4. The lowest BCUT2D eigenvalue weighted by Crippen LogP contribution is -2.20. The highest BCUT2D eigenvalue weighted by Gasteiger charge is 2.14. The Morgan fingerprint density at radius 1 is 1.03 bits per heavy atom. The van der Waals surface area contributed by atoms with Gasteiger partial charge in [-0.2, -0.15) is 5.10 Å². The van der Waals surface area contributed by atoms with Crippen molar-refractivity contribution in [3.8, 4) is 11.5 Å². The molecule has 0 unspecified atom stereocenters. The van der Waals surface area contributed by atoms with Gasteiger partial charge < -0.3 is 14.8 Å². The molecule has 3 aromatic rings. The van der Waals surface area contributed by atoms with Gasteiger partial charge in [0.1, 0.15) is 0 Å². The van der Waals surface area contributed by atoms with Gasteiger partial charge in [0.25, 0.3) is 11.8 Å². The lowest BCUT2D eigenvalue weighted by Gasteiger charge is -2.14. The number of nitrogens with one attached hydrogen (secondary N) is 2. The van der Waals surface area contributed by atoms with Crippen LogP contribution >= 0.6 is 39.1 Å². The number of anilines is 1. The zero-order valence-corrected chi connectivity index (χ0v) is 21.1. The molecular formula is C24H20BrCl2N3O4. The van der Waals surface area contributed by atoms with E-state index in [1.54, 1.807) is 54.6 Å². The van der Waals surface area contributed by atoms with Crippen LogP contribution in [-0.4, -0.2) is 31.2 Å². The summed E-state index contributed by atoms with van der Waals surface area (Å²) < 4.78 is 11.9. The first kappa shape index (κ1) is 25.6. The van der Waals surface area contributed by atoms with Crippen molar-refractivity contribution >= 4 is 62.8 Å². The molecule has 0 spiro atoms. The summed E-state index contributed by atoms with van der Waals surface area (Å²) in [5.41, 5.74) is 4.12. The molecule has 0 radical (unpaired) electrons. The van der Waals surface area contributed by atoms with Crippen LogP contribution in [0.4, 0.5) is 5.69 Å². The predicted octanol–water partition coefficient (Wildman–Crippen LogP) is 5.94. The van der Waals surface area contributed by atoms with Gasteiger partial charge >= 0.3 is 0 Å². The van der Waals surface area contributed by atoms with Crippen LogP contribution in [0.25, 0.3) is 0 Å². The van der Waals surface area contributed by atoms with E-state index >= 15 is 0 Å². The van der Waals surface area contributed by atoms with E-state index in [1.807, 2.05) is 13.0 Å². The molecule has 7 nitrogen and oxygen atoms in total. The van der Waals surface area contributed by atoms with Crippen molar-refractivity contribution in [3.63, 3.8) is 0 Å². The quantitative estimate of drug-likeness (QED) is 0.249. The number of rotatable bonds is 9. The van der Waals surface area contributed by atoms with Crippen LogP contribution in [-0.2, 0) is 4.79 Å². The van der Waals surface area contributed by atoms with Gasteiger partial charge in [-0.25, -0.2) is 5.43 Å². The first-order valence-electron chi connectivity index (χ1n) is 10.1. The number of ether oxygens (including phenoxy) is 2. The largest absolute Gasteiger partial charge is 0.490 e. The van der Waals surface area contributed by atoms with Crippen LogP contribution in [0, 0.1) is 0 Å². The van der Waals surface area contributed by atoms with E-state index in [4.69, 9.17) is 32.7 Å². The molecule has 0 bridgehead atoms. The van der Waals surface area contributed by atoms with Gasteiger partial charge in [-0.3, -0.25) is 9.59 Å². The maximum Gasteiger partial charge on any atom is 0.271 e. The van der Waals surface area contributed by atoms with Gasteiger partial charge in [-0.15, -0.1) is 0 Å². The summed E-state index contributed by atoms with van der Waals surface area (Å²) in [6, 6.07) is 17.0. The molecule has 3 rings (SSSR count). The monoisotopic (exact) mass is 563 g/mol. The van der Waals surface area contributed by atoms with E-state index < -0.39 is 0 Å². The van der Waals surface area contributed by atoms with E-state index in [9.17, 15) is 9.59 Å². The van der Waals surface area contributed by atoms with E-state index in [-0.39, 0.29) is 18.4 Å². The number of halogens is 3. The average molecular weight is 565 g/mol. The number of carbonyl (C=O) groups excluding carboxylic acids is 2. The molecule has 2 N–H and O–H groups in total. The summed E-state index contributed by atoms with van der Waals surface area (Å²) in [5, 5.41) is 7.41. The molecule has 0 atom stereocenters. The van der Waals surface area contributed by atoms with Crippen molar-refractivity contribution in [2.24, 2.45) is 5.10 Å². The Bertz CT molecular complexity index is 1210. The van der Waals surface area contributed by atoms with Gasteiger partial charge in [0, 0.05) is 11.3 Å². The summed E-state index contributed by atoms with van der Waals surface area (Å²) in [7, 11) is 0. The van der Waals surface area contributed by atoms with Gasteiger partial charge in [-0.05, 0) is 70.9 Å².